The first-order valence-electron chi connectivity index (χ1n) is 6.05. The van der Waals surface area contributed by atoms with Crippen LogP contribution in [0.25, 0.3) is 0 Å². The minimum absolute atomic E-state index is 0.0250. The highest BCUT2D eigenvalue weighted by atomic mass is 35.5. The van der Waals surface area contributed by atoms with Crippen LogP contribution in [0.15, 0.2) is 36.5 Å². The molecule has 5 nitrogen and oxygen atoms in total. The van der Waals surface area contributed by atoms with Crippen molar-refractivity contribution in [2.75, 3.05) is 12.4 Å². The lowest BCUT2D eigenvalue weighted by Crippen LogP contribution is -2.13. The maximum atomic E-state index is 12.2. The number of hydrogen-bond acceptors (Lipinski definition) is 4. The molecule has 0 spiro atoms. The lowest BCUT2D eigenvalue weighted by atomic mass is 10.2. The van der Waals surface area contributed by atoms with E-state index in [0.717, 1.165) is 0 Å². The maximum Gasteiger partial charge on any atom is 0.387 e. The van der Waals surface area contributed by atoms with Crippen LogP contribution in [0.4, 0.5) is 14.6 Å². The summed E-state index contributed by atoms with van der Waals surface area (Å²) in [5, 5.41) is 2.98. The van der Waals surface area contributed by atoms with Crippen molar-refractivity contribution in [3.05, 3.63) is 47.1 Å². The summed E-state index contributed by atoms with van der Waals surface area (Å²) < 4.78 is 33.7. The third-order valence-electron chi connectivity index (χ3n) is 2.61. The molecule has 1 amide bonds. The number of rotatable bonds is 5. The van der Waals surface area contributed by atoms with Crippen LogP contribution < -0.4 is 14.8 Å². The van der Waals surface area contributed by atoms with E-state index in [1.165, 1.54) is 37.6 Å². The lowest BCUT2D eigenvalue weighted by molar-refractivity contribution is -0.0512. The Kier molecular flexibility index (Phi) is 5.11. The van der Waals surface area contributed by atoms with Gasteiger partial charge in [-0.2, -0.15) is 8.78 Å². The Balaban J connectivity index is 2.17. The number of alkyl halides is 2. The first-order valence-corrected chi connectivity index (χ1v) is 6.43. The van der Waals surface area contributed by atoms with E-state index in [4.69, 9.17) is 16.3 Å². The number of anilines is 1. The van der Waals surface area contributed by atoms with Gasteiger partial charge in [0.2, 0.25) is 0 Å². The zero-order valence-electron chi connectivity index (χ0n) is 11.3. The molecule has 1 N–H and O–H groups in total. The highest BCUT2D eigenvalue weighted by molar-refractivity contribution is 6.30. The van der Waals surface area contributed by atoms with Gasteiger partial charge in [-0.25, -0.2) is 4.98 Å². The number of nitrogens with zero attached hydrogens (tertiary/aromatic N) is 1. The van der Waals surface area contributed by atoms with Crippen LogP contribution in [0.2, 0.25) is 5.02 Å². The van der Waals surface area contributed by atoms with Gasteiger partial charge in [-0.3, -0.25) is 4.79 Å². The van der Waals surface area contributed by atoms with Gasteiger partial charge in [-0.1, -0.05) is 11.6 Å². The fraction of sp³-hybridized carbons (Fsp3) is 0.143. The number of carbonyl (C=O) groups is 1. The van der Waals surface area contributed by atoms with Gasteiger partial charge in [0.25, 0.3) is 5.91 Å². The summed E-state index contributed by atoms with van der Waals surface area (Å²) in [5.74, 6) is -0.298. The summed E-state index contributed by atoms with van der Waals surface area (Å²) >= 11 is 5.70. The number of hydrogen-bond donors (Lipinski definition) is 1. The Bertz CT molecular complexity index is 666. The van der Waals surface area contributed by atoms with Crippen molar-refractivity contribution < 1.29 is 23.0 Å². The lowest BCUT2D eigenvalue weighted by Gasteiger charge is -2.11. The Morgan fingerprint density at radius 1 is 1.27 bits per heavy atom. The monoisotopic (exact) mass is 328 g/mol. The molecule has 0 atom stereocenters. The summed E-state index contributed by atoms with van der Waals surface area (Å²) in [6, 6.07) is 6.97. The highest BCUT2D eigenvalue weighted by Crippen LogP contribution is 2.29. The molecule has 0 fully saturated rings. The SMILES string of the molecule is COc1cc(C(=O)Nc2ccc(Cl)cn2)ccc1OC(F)F. The van der Waals surface area contributed by atoms with Gasteiger partial charge in [0.05, 0.1) is 12.1 Å². The molecule has 2 aromatic rings. The molecule has 0 aliphatic rings. The Morgan fingerprint density at radius 2 is 2.05 bits per heavy atom. The molecule has 0 radical (unpaired) electrons. The normalized spacial score (nSPS) is 10.4. The van der Waals surface area contributed by atoms with Crippen LogP contribution in [0.1, 0.15) is 10.4 Å². The molecule has 0 bridgehead atoms. The molecule has 8 heteroatoms. The molecule has 2 rings (SSSR count). The van der Waals surface area contributed by atoms with Crippen LogP contribution in [-0.2, 0) is 0 Å². The number of benzene rings is 1. The molecule has 0 aliphatic heterocycles. The van der Waals surface area contributed by atoms with E-state index in [9.17, 15) is 13.6 Å². The first kappa shape index (κ1) is 16.0. The van der Waals surface area contributed by atoms with Crippen LogP contribution in [0.3, 0.4) is 0 Å². The molecule has 1 aromatic heterocycles. The zero-order chi connectivity index (χ0) is 16.1. The van der Waals surface area contributed by atoms with Gasteiger partial charge in [0, 0.05) is 11.8 Å². The number of halogens is 3. The third kappa shape index (κ3) is 4.05. The van der Waals surface area contributed by atoms with E-state index in [2.05, 4.69) is 15.0 Å². The number of nitrogens with one attached hydrogen (secondary N) is 1. The number of pyridine rings is 1. The second kappa shape index (κ2) is 7.04. The fourth-order valence-corrected chi connectivity index (χ4v) is 1.75. The Labute approximate surface area is 129 Å². The van der Waals surface area contributed by atoms with E-state index in [1.807, 2.05) is 0 Å². The molecule has 0 aliphatic carbocycles. The minimum atomic E-state index is -2.98. The van der Waals surface area contributed by atoms with Crippen LogP contribution in [-0.4, -0.2) is 24.6 Å². The molecule has 0 saturated heterocycles. The average molecular weight is 329 g/mol. The largest absolute Gasteiger partial charge is 0.493 e. The summed E-state index contributed by atoms with van der Waals surface area (Å²) in [6.07, 6.45) is 1.39. The van der Waals surface area contributed by atoms with Crippen molar-refractivity contribution in [2.24, 2.45) is 0 Å². The molecule has 1 heterocycles. The number of carbonyl (C=O) groups excluding carboxylic acids is 1. The van der Waals surface area contributed by atoms with Crippen molar-refractivity contribution in [2.45, 2.75) is 6.61 Å². The van der Waals surface area contributed by atoms with E-state index >= 15 is 0 Å². The highest BCUT2D eigenvalue weighted by Gasteiger charge is 2.14. The van der Waals surface area contributed by atoms with Crippen molar-refractivity contribution in [3.8, 4) is 11.5 Å². The fourth-order valence-electron chi connectivity index (χ4n) is 1.64. The number of aromatic nitrogens is 1. The second-order valence-electron chi connectivity index (χ2n) is 4.06. The summed E-state index contributed by atoms with van der Waals surface area (Å²) in [4.78, 5) is 16.0. The van der Waals surface area contributed by atoms with Gasteiger partial charge in [-0.15, -0.1) is 0 Å². The van der Waals surface area contributed by atoms with E-state index in [0.29, 0.717) is 10.8 Å². The number of methoxy groups -OCH3 is 1. The summed E-state index contributed by atoms with van der Waals surface area (Å²) in [6.45, 7) is -2.98. The Hall–Kier alpha value is -2.41. The van der Waals surface area contributed by atoms with Gasteiger partial charge in [0.1, 0.15) is 5.82 Å². The summed E-state index contributed by atoms with van der Waals surface area (Å²) in [5.41, 5.74) is 0.204. The Morgan fingerprint density at radius 3 is 2.64 bits per heavy atom. The predicted molar refractivity (Wildman–Crippen MR) is 76.8 cm³/mol. The van der Waals surface area contributed by atoms with Crippen molar-refractivity contribution in [1.82, 2.24) is 4.98 Å². The van der Waals surface area contributed by atoms with Gasteiger partial charge >= 0.3 is 6.61 Å². The predicted octanol–water partition coefficient (Wildman–Crippen LogP) is 3.60. The first-order chi connectivity index (χ1) is 10.5. The van der Waals surface area contributed by atoms with E-state index in [1.54, 1.807) is 6.07 Å². The standard InChI is InChI=1S/C14H11ClF2N2O3/c1-21-11-6-8(2-4-10(11)22-14(16)17)13(20)19-12-5-3-9(15)7-18-12/h2-7,14H,1H3,(H,18,19,20). The quantitative estimate of drug-likeness (QED) is 0.911. The molecule has 1 aromatic carbocycles. The zero-order valence-corrected chi connectivity index (χ0v) is 12.1. The van der Waals surface area contributed by atoms with E-state index in [-0.39, 0.29) is 17.1 Å². The topological polar surface area (TPSA) is 60.5 Å². The second-order valence-corrected chi connectivity index (χ2v) is 4.50. The average Bonchev–Trinajstić information content (AvgIpc) is 2.49. The van der Waals surface area contributed by atoms with Crippen LogP contribution >= 0.6 is 11.6 Å². The van der Waals surface area contributed by atoms with Gasteiger partial charge < -0.3 is 14.8 Å². The van der Waals surface area contributed by atoms with E-state index < -0.39 is 12.5 Å². The van der Waals surface area contributed by atoms with Crippen molar-refractivity contribution >= 4 is 23.3 Å². The minimum Gasteiger partial charge on any atom is -0.493 e. The molecular formula is C14H11ClF2N2O3. The molecule has 0 unspecified atom stereocenters. The van der Waals surface area contributed by atoms with Crippen LogP contribution in [0.5, 0.6) is 11.5 Å². The maximum absolute atomic E-state index is 12.2. The van der Waals surface area contributed by atoms with Crippen molar-refractivity contribution in [1.29, 1.82) is 0 Å². The van der Waals surface area contributed by atoms with Gasteiger partial charge in [-0.05, 0) is 30.3 Å². The smallest absolute Gasteiger partial charge is 0.387 e. The molecule has 116 valence electrons. The molecule has 0 saturated carbocycles. The third-order valence-corrected chi connectivity index (χ3v) is 2.83. The molecular weight excluding hydrogens is 318 g/mol. The number of ether oxygens (including phenoxy) is 2. The number of amides is 1. The van der Waals surface area contributed by atoms with Gasteiger partial charge in [0.15, 0.2) is 11.5 Å². The molecule has 22 heavy (non-hydrogen) atoms. The summed E-state index contributed by atoms with van der Waals surface area (Å²) in [7, 11) is 1.29. The van der Waals surface area contributed by atoms with Crippen molar-refractivity contribution in [3.63, 3.8) is 0 Å². The van der Waals surface area contributed by atoms with Crippen LogP contribution in [0, 0.1) is 0 Å².